The summed E-state index contributed by atoms with van der Waals surface area (Å²) in [7, 11) is 1.74. The highest BCUT2D eigenvalue weighted by atomic mass is 35.5. The fourth-order valence-corrected chi connectivity index (χ4v) is 3.98. The number of carbonyl (C=O) groups excluding carboxylic acids is 1. The largest absolute Gasteiger partial charge is 0.319 e. The lowest BCUT2D eigenvalue weighted by molar-refractivity contribution is -0.384. The molecule has 25 heavy (non-hydrogen) atoms. The van der Waals surface area contributed by atoms with E-state index in [1.54, 1.807) is 29.8 Å². The number of non-ortho nitro benzene ring substituents is 1. The maximum atomic E-state index is 12.1. The normalized spacial score (nSPS) is 11.8. The highest BCUT2D eigenvalue weighted by Gasteiger charge is 2.11. The van der Waals surface area contributed by atoms with Gasteiger partial charge in [0.25, 0.3) is 11.6 Å². The fraction of sp³-hybridized carbons (Fsp3) is 0.125. The van der Waals surface area contributed by atoms with Gasteiger partial charge in [0, 0.05) is 29.1 Å². The van der Waals surface area contributed by atoms with Crippen LogP contribution in [0.5, 0.6) is 0 Å². The maximum Gasteiger partial charge on any atom is 0.271 e. The summed E-state index contributed by atoms with van der Waals surface area (Å²) in [6, 6.07) is 11.8. The first-order chi connectivity index (χ1) is 11.9. The quantitative estimate of drug-likeness (QED) is 0.381. The van der Waals surface area contributed by atoms with Gasteiger partial charge in [0.2, 0.25) is 0 Å². The number of rotatable bonds is 4. The second-order valence-corrected chi connectivity index (χ2v) is 7.60. The van der Waals surface area contributed by atoms with Gasteiger partial charge < -0.3 is 4.57 Å². The Morgan fingerprint density at radius 3 is 2.72 bits per heavy atom. The van der Waals surface area contributed by atoms with E-state index in [0.29, 0.717) is 15.3 Å². The lowest BCUT2D eigenvalue weighted by atomic mass is 10.3. The maximum absolute atomic E-state index is 12.1. The molecule has 0 bridgehead atoms. The summed E-state index contributed by atoms with van der Waals surface area (Å²) >= 11 is 8.53. The van der Waals surface area contributed by atoms with Gasteiger partial charge in [0.05, 0.1) is 20.9 Å². The molecule has 0 fully saturated rings. The molecule has 1 heterocycles. The van der Waals surface area contributed by atoms with Crippen LogP contribution in [0.3, 0.4) is 0 Å². The molecule has 0 aliphatic heterocycles. The molecular weight excluding hydrogens is 382 g/mol. The molecule has 6 nitrogen and oxygen atoms in total. The highest BCUT2D eigenvalue weighted by molar-refractivity contribution is 8.00. The number of aryl methyl sites for hydroxylation is 1. The molecule has 3 aromatic rings. The van der Waals surface area contributed by atoms with Gasteiger partial charge in [0.1, 0.15) is 0 Å². The first-order valence-electron chi connectivity index (χ1n) is 7.14. The number of nitro groups is 1. The van der Waals surface area contributed by atoms with Crippen LogP contribution in [-0.2, 0) is 11.8 Å². The van der Waals surface area contributed by atoms with Gasteiger partial charge in [-0.15, -0.1) is 11.8 Å². The van der Waals surface area contributed by atoms with Crippen LogP contribution >= 0.6 is 34.7 Å². The van der Waals surface area contributed by atoms with E-state index < -0.39 is 4.92 Å². The number of hydrogen-bond acceptors (Lipinski definition) is 5. The van der Waals surface area contributed by atoms with Crippen LogP contribution in [0.1, 0.15) is 0 Å². The average molecular weight is 394 g/mol. The molecule has 0 N–H and O–H groups in total. The van der Waals surface area contributed by atoms with Gasteiger partial charge in [-0.3, -0.25) is 14.9 Å². The van der Waals surface area contributed by atoms with E-state index in [2.05, 4.69) is 4.99 Å². The van der Waals surface area contributed by atoms with Crippen LogP contribution in [-0.4, -0.2) is 21.2 Å². The molecule has 0 saturated heterocycles. The topological polar surface area (TPSA) is 77.5 Å². The summed E-state index contributed by atoms with van der Waals surface area (Å²) in [6.07, 6.45) is 0. The van der Waals surface area contributed by atoms with Crippen molar-refractivity contribution >= 4 is 56.5 Å². The van der Waals surface area contributed by atoms with Crippen LogP contribution in [0.2, 0.25) is 5.02 Å². The molecule has 0 atom stereocenters. The molecule has 0 radical (unpaired) electrons. The number of carbonyl (C=O) groups is 1. The number of benzene rings is 2. The van der Waals surface area contributed by atoms with Gasteiger partial charge in [-0.25, -0.2) is 0 Å². The Hall–Kier alpha value is -2.16. The molecule has 3 rings (SSSR count). The number of fused-ring (bicyclic) bond motifs is 1. The predicted molar refractivity (Wildman–Crippen MR) is 100 cm³/mol. The van der Waals surface area contributed by atoms with Crippen molar-refractivity contribution in [2.45, 2.75) is 4.90 Å². The lowest BCUT2D eigenvalue weighted by Gasteiger charge is -1.99. The molecule has 9 heteroatoms. The third-order valence-corrected chi connectivity index (χ3v) is 5.76. The average Bonchev–Trinajstić information content (AvgIpc) is 2.90. The number of nitro benzene ring substituents is 1. The number of aromatic nitrogens is 1. The number of thiazole rings is 1. The molecule has 0 aliphatic rings. The Labute approximate surface area is 155 Å². The Kier molecular flexibility index (Phi) is 5.22. The summed E-state index contributed by atoms with van der Waals surface area (Å²) < 4.78 is 2.53. The Morgan fingerprint density at radius 2 is 2.04 bits per heavy atom. The number of thioether (sulfide) groups is 1. The van der Waals surface area contributed by atoms with Gasteiger partial charge >= 0.3 is 0 Å². The molecule has 0 aliphatic carbocycles. The first-order valence-corrected chi connectivity index (χ1v) is 9.32. The van der Waals surface area contributed by atoms with E-state index in [-0.39, 0.29) is 17.3 Å². The highest BCUT2D eigenvalue weighted by Crippen LogP contribution is 2.23. The van der Waals surface area contributed by atoms with Crippen LogP contribution in [0.15, 0.2) is 52.4 Å². The van der Waals surface area contributed by atoms with E-state index in [9.17, 15) is 14.9 Å². The van der Waals surface area contributed by atoms with Crippen molar-refractivity contribution in [1.82, 2.24) is 4.57 Å². The van der Waals surface area contributed by atoms with E-state index in [1.165, 1.54) is 35.2 Å². The summed E-state index contributed by atoms with van der Waals surface area (Å²) in [5.41, 5.74) is 0.688. The zero-order valence-electron chi connectivity index (χ0n) is 13.0. The van der Waals surface area contributed by atoms with E-state index in [1.807, 2.05) is 12.1 Å². The number of hydrogen-bond donors (Lipinski definition) is 0. The van der Waals surface area contributed by atoms with Crippen LogP contribution < -0.4 is 4.80 Å². The summed E-state index contributed by atoms with van der Waals surface area (Å²) in [5.74, 6) is -0.0626. The zero-order chi connectivity index (χ0) is 18.0. The number of nitrogens with zero attached hydrogens (tertiary/aromatic N) is 3. The SMILES string of the molecule is Cn1c(=NC(=O)CSc2ccc(Cl)cc2)sc2ccc([N+](=O)[O-])cc21. The Bertz CT molecular complexity index is 1030. The van der Waals surface area contributed by atoms with Crippen LogP contribution in [0.4, 0.5) is 5.69 Å². The smallest absolute Gasteiger partial charge is 0.271 e. The molecule has 128 valence electrons. The molecule has 0 unspecified atom stereocenters. The Morgan fingerprint density at radius 1 is 1.32 bits per heavy atom. The summed E-state index contributed by atoms with van der Waals surface area (Å²) in [4.78, 5) is 28.2. The van der Waals surface area contributed by atoms with Gasteiger partial charge in [-0.1, -0.05) is 22.9 Å². The van der Waals surface area contributed by atoms with E-state index in [0.717, 1.165) is 9.60 Å². The lowest BCUT2D eigenvalue weighted by Crippen LogP contribution is -2.14. The fourth-order valence-electron chi connectivity index (χ4n) is 2.15. The zero-order valence-corrected chi connectivity index (χ0v) is 15.4. The minimum Gasteiger partial charge on any atom is -0.319 e. The predicted octanol–water partition coefficient (Wildman–Crippen LogP) is 4.02. The van der Waals surface area contributed by atoms with Gasteiger partial charge in [-0.05, 0) is 30.3 Å². The molecule has 2 aromatic carbocycles. The van der Waals surface area contributed by atoms with Crippen molar-refractivity contribution in [1.29, 1.82) is 0 Å². The molecular formula is C16H12ClN3O3S2. The van der Waals surface area contributed by atoms with Crippen LogP contribution in [0, 0.1) is 10.1 Å². The second kappa shape index (κ2) is 7.38. The second-order valence-electron chi connectivity index (χ2n) is 5.10. The van der Waals surface area contributed by atoms with Crippen molar-refractivity contribution in [2.24, 2.45) is 12.0 Å². The minimum absolute atomic E-state index is 0.0112. The van der Waals surface area contributed by atoms with Gasteiger partial charge in [0.15, 0.2) is 4.80 Å². The third-order valence-electron chi connectivity index (χ3n) is 3.40. The third kappa shape index (κ3) is 4.09. The summed E-state index contributed by atoms with van der Waals surface area (Å²) in [5, 5.41) is 11.5. The monoisotopic (exact) mass is 393 g/mol. The number of halogens is 1. The van der Waals surface area contributed by atoms with Gasteiger partial charge in [-0.2, -0.15) is 4.99 Å². The number of amides is 1. The molecule has 1 amide bonds. The molecule has 1 aromatic heterocycles. The minimum atomic E-state index is -0.443. The summed E-state index contributed by atoms with van der Waals surface area (Å²) in [6.45, 7) is 0. The van der Waals surface area contributed by atoms with E-state index >= 15 is 0 Å². The van der Waals surface area contributed by atoms with Crippen LogP contribution in [0.25, 0.3) is 10.2 Å². The van der Waals surface area contributed by atoms with Crippen molar-refractivity contribution in [3.05, 3.63) is 62.4 Å². The Balaban J connectivity index is 1.82. The van der Waals surface area contributed by atoms with Crippen molar-refractivity contribution in [3.63, 3.8) is 0 Å². The molecule has 0 spiro atoms. The first kappa shape index (κ1) is 17.7. The van der Waals surface area contributed by atoms with Crippen molar-refractivity contribution in [2.75, 3.05) is 5.75 Å². The standard InChI is InChI=1S/C16H12ClN3O3S2/c1-19-13-8-11(20(22)23)4-7-14(13)25-16(19)18-15(21)9-24-12-5-2-10(17)3-6-12/h2-8H,9H2,1H3. The van der Waals surface area contributed by atoms with E-state index in [4.69, 9.17) is 11.6 Å². The molecule has 0 saturated carbocycles. The van der Waals surface area contributed by atoms with Crippen molar-refractivity contribution in [3.8, 4) is 0 Å². The van der Waals surface area contributed by atoms with Crippen molar-refractivity contribution < 1.29 is 9.72 Å².